The molecular formula is C16H31N3. The fourth-order valence-corrected chi connectivity index (χ4v) is 4.43. The standard InChI is InChI=1S/C16H31N3/c1-13(19-10-2-3-11-19)12-18-16-7-4-6-14(16)15-8-5-9-17-15/h13-18H,2-12H2,1H3. The van der Waals surface area contributed by atoms with E-state index in [2.05, 4.69) is 22.5 Å². The quantitative estimate of drug-likeness (QED) is 0.796. The fourth-order valence-electron chi connectivity index (χ4n) is 4.43. The number of nitrogens with one attached hydrogen (secondary N) is 2. The van der Waals surface area contributed by atoms with Crippen LogP contribution in [0.1, 0.15) is 51.9 Å². The molecule has 0 bridgehead atoms. The molecule has 0 aromatic carbocycles. The van der Waals surface area contributed by atoms with Gasteiger partial charge in [0, 0.05) is 24.7 Å². The number of hydrogen-bond acceptors (Lipinski definition) is 3. The van der Waals surface area contributed by atoms with Crippen molar-refractivity contribution in [2.75, 3.05) is 26.2 Å². The molecule has 2 aliphatic heterocycles. The van der Waals surface area contributed by atoms with Gasteiger partial charge in [0.05, 0.1) is 0 Å². The molecule has 3 rings (SSSR count). The molecule has 0 amide bonds. The van der Waals surface area contributed by atoms with Crippen molar-refractivity contribution in [3.05, 3.63) is 0 Å². The Hall–Kier alpha value is -0.120. The molecule has 3 aliphatic rings. The molecule has 3 fully saturated rings. The van der Waals surface area contributed by atoms with Crippen LogP contribution in [0.15, 0.2) is 0 Å². The van der Waals surface area contributed by atoms with E-state index >= 15 is 0 Å². The topological polar surface area (TPSA) is 27.3 Å². The molecule has 19 heavy (non-hydrogen) atoms. The monoisotopic (exact) mass is 265 g/mol. The van der Waals surface area contributed by atoms with Crippen LogP contribution in [0.4, 0.5) is 0 Å². The summed E-state index contributed by atoms with van der Waals surface area (Å²) in [5.74, 6) is 0.897. The van der Waals surface area contributed by atoms with Gasteiger partial charge in [0.25, 0.3) is 0 Å². The maximum absolute atomic E-state index is 3.90. The molecule has 0 aromatic rings. The molecule has 0 radical (unpaired) electrons. The van der Waals surface area contributed by atoms with E-state index in [1.807, 2.05) is 0 Å². The summed E-state index contributed by atoms with van der Waals surface area (Å²) in [7, 11) is 0. The third-order valence-corrected chi connectivity index (χ3v) is 5.62. The lowest BCUT2D eigenvalue weighted by Crippen LogP contribution is -2.47. The number of nitrogens with zero attached hydrogens (tertiary/aromatic N) is 1. The summed E-state index contributed by atoms with van der Waals surface area (Å²) in [6.45, 7) is 7.48. The predicted molar refractivity (Wildman–Crippen MR) is 80.4 cm³/mol. The zero-order chi connectivity index (χ0) is 13.1. The van der Waals surface area contributed by atoms with Gasteiger partial charge in [0.1, 0.15) is 0 Å². The zero-order valence-corrected chi connectivity index (χ0v) is 12.5. The minimum absolute atomic E-state index is 0.722. The van der Waals surface area contributed by atoms with Crippen LogP contribution in [0, 0.1) is 5.92 Å². The van der Waals surface area contributed by atoms with Crippen LogP contribution >= 0.6 is 0 Å². The molecule has 0 spiro atoms. The fraction of sp³-hybridized carbons (Fsp3) is 1.00. The van der Waals surface area contributed by atoms with E-state index in [-0.39, 0.29) is 0 Å². The summed E-state index contributed by atoms with van der Waals surface area (Å²) in [5, 5.41) is 7.62. The lowest BCUT2D eigenvalue weighted by molar-refractivity contribution is 0.232. The van der Waals surface area contributed by atoms with Crippen LogP contribution in [-0.2, 0) is 0 Å². The van der Waals surface area contributed by atoms with Crippen LogP contribution in [0.2, 0.25) is 0 Å². The first-order chi connectivity index (χ1) is 9.34. The van der Waals surface area contributed by atoms with E-state index in [4.69, 9.17) is 0 Å². The molecule has 2 N–H and O–H groups in total. The normalized spacial score (nSPS) is 38.1. The van der Waals surface area contributed by atoms with Crippen molar-refractivity contribution in [1.29, 1.82) is 0 Å². The van der Waals surface area contributed by atoms with Crippen molar-refractivity contribution >= 4 is 0 Å². The minimum Gasteiger partial charge on any atom is -0.314 e. The van der Waals surface area contributed by atoms with Crippen LogP contribution in [-0.4, -0.2) is 49.2 Å². The lowest BCUT2D eigenvalue weighted by atomic mass is 9.93. The van der Waals surface area contributed by atoms with Crippen LogP contribution in [0.25, 0.3) is 0 Å². The molecule has 2 saturated heterocycles. The van der Waals surface area contributed by atoms with Gasteiger partial charge in [0.2, 0.25) is 0 Å². The van der Waals surface area contributed by atoms with Crippen LogP contribution in [0.5, 0.6) is 0 Å². The van der Waals surface area contributed by atoms with Gasteiger partial charge in [-0.3, -0.25) is 4.90 Å². The summed E-state index contributed by atoms with van der Waals surface area (Å²) >= 11 is 0. The van der Waals surface area contributed by atoms with Crippen molar-refractivity contribution < 1.29 is 0 Å². The maximum Gasteiger partial charge on any atom is 0.0192 e. The van der Waals surface area contributed by atoms with Crippen molar-refractivity contribution in [2.45, 2.75) is 70.0 Å². The summed E-state index contributed by atoms with van der Waals surface area (Å²) in [5.41, 5.74) is 0. The highest BCUT2D eigenvalue weighted by Gasteiger charge is 2.34. The van der Waals surface area contributed by atoms with Gasteiger partial charge >= 0.3 is 0 Å². The van der Waals surface area contributed by atoms with Gasteiger partial charge in [-0.1, -0.05) is 6.42 Å². The van der Waals surface area contributed by atoms with Crippen molar-refractivity contribution in [3.63, 3.8) is 0 Å². The van der Waals surface area contributed by atoms with Gasteiger partial charge in [-0.15, -0.1) is 0 Å². The second-order valence-electron chi connectivity index (χ2n) is 6.90. The predicted octanol–water partition coefficient (Wildman–Crippen LogP) is 1.98. The highest BCUT2D eigenvalue weighted by molar-refractivity contribution is 4.93. The van der Waals surface area contributed by atoms with Crippen molar-refractivity contribution in [2.24, 2.45) is 5.92 Å². The van der Waals surface area contributed by atoms with Gasteiger partial charge < -0.3 is 10.6 Å². The number of likely N-dealkylation sites (tertiary alicyclic amines) is 1. The number of rotatable bonds is 5. The lowest BCUT2D eigenvalue weighted by Gasteiger charge is -2.30. The Morgan fingerprint density at radius 2 is 1.95 bits per heavy atom. The van der Waals surface area contributed by atoms with Gasteiger partial charge in [-0.05, 0) is 71.0 Å². The van der Waals surface area contributed by atoms with Crippen molar-refractivity contribution in [1.82, 2.24) is 15.5 Å². The molecule has 3 heteroatoms. The molecule has 1 aliphatic carbocycles. The Morgan fingerprint density at radius 3 is 2.68 bits per heavy atom. The van der Waals surface area contributed by atoms with Gasteiger partial charge in [0.15, 0.2) is 0 Å². The Kier molecular flexibility index (Phi) is 4.78. The van der Waals surface area contributed by atoms with E-state index in [0.29, 0.717) is 0 Å². The van der Waals surface area contributed by atoms with E-state index < -0.39 is 0 Å². The molecule has 1 saturated carbocycles. The molecular weight excluding hydrogens is 234 g/mol. The third-order valence-electron chi connectivity index (χ3n) is 5.62. The highest BCUT2D eigenvalue weighted by atomic mass is 15.2. The first kappa shape index (κ1) is 13.8. The Morgan fingerprint density at radius 1 is 1.11 bits per heavy atom. The SMILES string of the molecule is CC(CNC1CCCC1C1CCCN1)N1CCCC1. The summed E-state index contributed by atoms with van der Waals surface area (Å²) in [6.07, 6.45) is 9.87. The molecule has 0 aromatic heterocycles. The van der Waals surface area contributed by atoms with Crippen molar-refractivity contribution in [3.8, 4) is 0 Å². The largest absolute Gasteiger partial charge is 0.314 e. The first-order valence-electron chi connectivity index (χ1n) is 8.55. The summed E-state index contributed by atoms with van der Waals surface area (Å²) < 4.78 is 0. The second-order valence-corrected chi connectivity index (χ2v) is 6.90. The highest BCUT2D eigenvalue weighted by Crippen LogP contribution is 2.31. The maximum atomic E-state index is 3.90. The summed E-state index contributed by atoms with van der Waals surface area (Å²) in [6, 6.07) is 2.31. The van der Waals surface area contributed by atoms with E-state index in [9.17, 15) is 0 Å². The minimum atomic E-state index is 0.722. The van der Waals surface area contributed by atoms with Gasteiger partial charge in [-0.25, -0.2) is 0 Å². The van der Waals surface area contributed by atoms with E-state index in [1.165, 1.54) is 71.1 Å². The zero-order valence-electron chi connectivity index (χ0n) is 12.5. The van der Waals surface area contributed by atoms with E-state index in [0.717, 1.165) is 24.0 Å². The molecule has 110 valence electrons. The van der Waals surface area contributed by atoms with E-state index in [1.54, 1.807) is 0 Å². The first-order valence-corrected chi connectivity index (χ1v) is 8.55. The molecule has 4 atom stereocenters. The Balaban J connectivity index is 1.45. The molecule has 3 nitrogen and oxygen atoms in total. The Bertz CT molecular complexity index is 269. The van der Waals surface area contributed by atoms with Crippen LogP contribution in [0.3, 0.4) is 0 Å². The summed E-state index contributed by atoms with van der Waals surface area (Å²) in [4.78, 5) is 2.66. The molecule has 2 heterocycles. The Labute approximate surface area is 118 Å². The van der Waals surface area contributed by atoms with Gasteiger partial charge in [-0.2, -0.15) is 0 Å². The third kappa shape index (κ3) is 3.32. The average molecular weight is 265 g/mol. The molecule has 4 unspecified atom stereocenters. The smallest absolute Gasteiger partial charge is 0.0192 e. The number of hydrogen-bond donors (Lipinski definition) is 2. The van der Waals surface area contributed by atoms with Crippen LogP contribution < -0.4 is 10.6 Å². The average Bonchev–Trinajstić information content (AvgIpc) is 3.14. The second kappa shape index (κ2) is 6.55.